The summed E-state index contributed by atoms with van der Waals surface area (Å²) in [5.41, 5.74) is 3.21. The van der Waals surface area contributed by atoms with E-state index in [4.69, 9.17) is 0 Å². The largest absolute Gasteiger partial charge is 1.00 e. The van der Waals surface area contributed by atoms with E-state index in [9.17, 15) is 0 Å². The standard InChI is InChI=1S/C12H13.Hf.H/c1-10(11-6-2-3-7-11)12-8-4-5-9-12;;/h2-6,8H,7,9H2,1H3;;/q;;-1. The molecule has 0 aliphatic heterocycles. The van der Waals surface area contributed by atoms with E-state index in [1.807, 2.05) is 0 Å². The second-order valence-corrected chi connectivity index (χ2v) is 7.37. The quantitative estimate of drug-likeness (QED) is 0.676. The first-order valence-electron chi connectivity index (χ1n) is 4.68. The molecule has 13 heavy (non-hydrogen) atoms. The van der Waals surface area contributed by atoms with Gasteiger partial charge in [0.15, 0.2) is 0 Å². The van der Waals surface area contributed by atoms with Crippen LogP contribution >= 0.6 is 0 Å². The fourth-order valence-electron chi connectivity index (χ4n) is 1.84. The van der Waals surface area contributed by atoms with Gasteiger partial charge in [-0.15, -0.1) is 0 Å². The van der Waals surface area contributed by atoms with Crippen LogP contribution < -0.4 is 0 Å². The summed E-state index contributed by atoms with van der Waals surface area (Å²) in [6, 6.07) is 0. The van der Waals surface area contributed by atoms with Crippen molar-refractivity contribution in [2.24, 2.45) is 0 Å². The molecule has 2 aliphatic carbocycles. The molecule has 0 spiro atoms. The average Bonchev–Trinajstić information content (AvgIpc) is 2.78. The maximum Gasteiger partial charge on any atom is -1.00 e. The Morgan fingerprint density at radius 3 is 1.92 bits per heavy atom. The first-order chi connectivity index (χ1) is 6.21. The minimum absolute atomic E-state index is 0. The van der Waals surface area contributed by atoms with Crippen LogP contribution in [0.5, 0.6) is 0 Å². The molecule has 0 saturated heterocycles. The Kier molecular flexibility index (Phi) is 2.55. The van der Waals surface area contributed by atoms with Gasteiger partial charge in [-0.25, -0.2) is 0 Å². The van der Waals surface area contributed by atoms with Crippen molar-refractivity contribution in [3.63, 3.8) is 0 Å². The molecule has 0 heterocycles. The van der Waals surface area contributed by atoms with E-state index in [-0.39, 0.29) is 1.43 Å². The van der Waals surface area contributed by atoms with Gasteiger partial charge in [-0.1, -0.05) is 0 Å². The normalized spacial score (nSPS) is 20.6. The molecule has 0 aromatic carbocycles. The van der Waals surface area contributed by atoms with Crippen LogP contribution in [0, 0.1) is 0 Å². The summed E-state index contributed by atoms with van der Waals surface area (Å²) in [5, 5.41) is 0. The molecule has 0 amide bonds. The second-order valence-electron chi connectivity index (χ2n) is 3.77. The van der Waals surface area contributed by atoms with Gasteiger partial charge < -0.3 is 1.43 Å². The molecular formula is C12H14Hf-. The second kappa shape index (κ2) is 3.53. The Balaban J connectivity index is 0.000000980. The number of rotatable bonds is 2. The van der Waals surface area contributed by atoms with Crippen molar-refractivity contribution in [3.8, 4) is 0 Å². The van der Waals surface area contributed by atoms with Crippen molar-refractivity contribution in [3.05, 3.63) is 47.6 Å². The number of allylic oxidation sites excluding steroid dienone is 8. The summed E-state index contributed by atoms with van der Waals surface area (Å²) in [6.45, 7) is 2.39. The van der Waals surface area contributed by atoms with Crippen LogP contribution in [0.2, 0.25) is 3.17 Å². The molecule has 2 aliphatic rings. The molecule has 0 atom stereocenters. The van der Waals surface area contributed by atoms with Crippen molar-refractivity contribution in [2.75, 3.05) is 0 Å². The van der Waals surface area contributed by atoms with Gasteiger partial charge in [0.05, 0.1) is 0 Å². The fraction of sp³-hybridized carbons (Fsp3) is 0.333. The van der Waals surface area contributed by atoms with Gasteiger partial charge in [-0.05, 0) is 0 Å². The molecular weight excluding hydrogens is 323 g/mol. The molecule has 0 aromatic heterocycles. The molecule has 0 nitrogen and oxygen atoms in total. The van der Waals surface area contributed by atoms with Crippen molar-refractivity contribution in [1.29, 1.82) is 0 Å². The molecule has 0 unspecified atom stereocenters. The van der Waals surface area contributed by atoms with Crippen LogP contribution in [0.4, 0.5) is 0 Å². The topological polar surface area (TPSA) is 0 Å². The molecule has 0 radical (unpaired) electrons. The summed E-state index contributed by atoms with van der Waals surface area (Å²) in [6.07, 6.45) is 15.8. The van der Waals surface area contributed by atoms with Crippen LogP contribution in [0.15, 0.2) is 47.6 Å². The van der Waals surface area contributed by atoms with Crippen molar-refractivity contribution in [1.82, 2.24) is 0 Å². The van der Waals surface area contributed by atoms with E-state index in [0.29, 0.717) is 3.17 Å². The molecule has 0 bridgehead atoms. The Labute approximate surface area is 96.2 Å². The third kappa shape index (κ3) is 1.71. The van der Waals surface area contributed by atoms with Crippen molar-refractivity contribution in [2.45, 2.75) is 22.9 Å². The molecule has 67 valence electrons. The summed E-state index contributed by atoms with van der Waals surface area (Å²) in [4.78, 5) is 0. The van der Waals surface area contributed by atoms with E-state index in [1.54, 1.807) is 11.1 Å². The smallest absolute Gasteiger partial charge is 1.00 e. The predicted molar refractivity (Wildman–Crippen MR) is 53.2 cm³/mol. The molecule has 0 fully saturated rings. The van der Waals surface area contributed by atoms with Gasteiger partial charge in [0, 0.05) is 0 Å². The van der Waals surface area contributed by atoms with E-state index in [0.717, 1.165) is 12.8 Å². The van der Waals surface area contributed by atoms with Crippen LogP contribution in [0.25, 0.3) is 0 Å². The Hall–Kier alpha value is -0.170. The maximum absolute atomic E-state index is 2.39. The first kappa shape index (κ1) is 9.39. The average molecular weight is 337 g/mol. The van der Waals surface area contributed by atoms with Gasteiger partial charge in [-0.2, -0.15) is 0 Å². The SMILES string of the molecule is C[C]([Hf])(C1=CC=CC1)C1=CC=CC1.[H-]. The molecule has 0 saturated carbocycles. The van der Waals surface area contributed by atoms with E-state index >= 15 is 0 Å². The minimum Gasteiger partial charge on any atom is -1.00 e. The molecule has 0 N–H and O–H groups in total. The monoisotopic (exact) mass is 338 g/mol. The zero-order valence-corrected chi connectivity index (χ0v) is 11.5. The number of hydrogen-bond acceptors (Lipinski definition) is 0. The first-order valence-corrected chi connectivity index (χ1v) is 6.48. The van der Waals surface area contributed by atoms with Crippen molar-refractivity contribution >= 4 is 0 Å². The Morgan fingerprint density at radius 1 is 1.15 bits per heavy atom. The Morgan fingerprint density at radius 2 is 1.62 bits per heavy atom. The van der Waals surface area contributed by atoms with E-state index in [2.05, 4.69) is 43.4 Å². The van der Waals surface area contributed by atoms with Crippen LogP contribution in [-0.4, -0.2) is 0 Å². The van der Waals surface area contributed by atoms with Gasteiger partial charge >= 0.3 is 94.9 Å². The zero-order valence-electron chi connectivity index (χ0n) is 8.88. The van der Waals surface area contributed by atoms with Crippen LogP contribution in [0.3, 0.4) is 0 Å². The third-order valence-electron chi connectivity index (χ3n) is 2.83. The van der Waals surface area contributed by atoms with Gasteiger partial charge in [0.1, 0.15) is 0 Å². The predicted octanol–water partition coefficient (Wildman–Crippen LogP) is 3.60. The fourth-order valence-corrected chi connectivity index (χ4v) is 3.17. The Bertz CT molecular complexity index is 300. The van der Waals surface area contributed by atoms with E-state index < -0.39 is 0 Å². The van der Waals surface area contributed by atoms with Crippen LogP contribution in [-0.2, 0) is 24.4 Å². The van der Waals surface area contributed by atoms with Crippen LogP contribution in [0.1, 0.15) is 21.2 Å². The minimum atomic E-state index is 0. The summed E-state index contributed by atoms with van der Waals surface area (Å²) >= 11 is 1.22. The summed E-state index contributed by atoms with van der Waals surface area (Å²) in [7, 11) is 0. The van der Waals surface area contributed by atoms with Gasteiger partial charge in [-0.3, -0.25) is 0 Å². The van der Waals surface area contributed by atoms with Gasteiger partial charge in [0.25, 0.3) is 0 Å². The molecule has 1 heteroatoms. The maximum atomic E-state index is 2.39. The molecule has 0 aromatic rings. The van der Waals surface area contributed by atoms with Crippen molar-refractivity contribution < 1.29 is 25.8 Å². The number of hydrogen-bond donors (Lipinski definition) is 0. The van der Waals surface area contributed by atoms with Gasteiger partial charge in [0.2, 0.25) is 0 Å². The van der Waals surface area contributed by atoms with E-state index in [1.165, 1.54) is 24.4 Å². The molecule has 2 rings (SSSR count). The zero-order chi connectivity index (χ0) is 9.31. The third-order valence-corrected chi connectivity index (χ3v) is 5.13. The summed E-state index contributed by atoms with van der Waals surface area (Å²) < 4.78 is 0.396. The summed E-state index contributed by atoms with van der Waals surface area (Å²) in [5.74, 6) is 0.